The molecule has 1 aliphatic rings. The summed E-state index contributed by atoms with van der Waals surface area (Å²) in [4.78, 5) is 13.0. The summed E-state index contributed by atoms with van der Waals surface area (Å²) >= 11 is 0. The molecule has 1 aromatic carbocycles. The minimum Gasteiger partial charge on any atom is -0.461 e. The third-order valence-electron chi connectivity index (χ3n) is 4.77. The number of sulfonamides is 1. The zero-order valence-electron chi connectivity index (χ0n) is 15.8. The Bertz CT molecular complexity index is 1160. The monoisotopic (exact) mass is 402 g/mol. The van der Waals surface area contributed by atoms with Crippen molar-refractivity contribution in [3.8, 4) is 11.6 Å². The van der Waals surface area contributed by atoms with Gasteiger partial charge in [-0.15, -0.1) is 5.10 Å². The van der Waals surface area contributed by atoms with Crippen molar-refractivity contribution in [3.05, 3.63) is 58.2 Å². The number of hydrogen-bond donors (Lipinski definition) is 1. The van der Waals surface area contributed by atoms with Crippen LogP contribution < -0.4 is 10.4 Å². The lowest BCUT2D eigenvalue weighted by molar-refractivity contribution is 0.546. The van der Waals surface area contributed by atoms with E-state index in [1.165, 1.54) is 10.9 Å². The Kier molecular flexibility index (Phi) is 4.72. The number of aromatic nitrogens is 3. The summed E-state index contributed by atoms with van der Waals surface area (Å²) in [5.41, 5.74) is 1.29. The smallest absolute Gasteiger partial charge is 0.346 e. The Hall–Kier alpha value is -2.65. The minimum absolute atomic E-state index is 0.0644. The average Bonchev–Trinajstić information content (AvgIpc) is 3.22. The van der Waals surface area contributed by atoms with Crippen LogP contribution in [0.25, 0.3) is 11.6 Å². The molecule has 0 bridgehead atoms. The van der Waals surface area contributed by atoms with E-state index in [0.717, 1.165) is 18.4 Å². The van der Waals surface area contributed by atoms with Crippen molar-refractivity contribution >= 4 is 10.0 Å². The quantitative estimate of drug-likeness (QED) is 0.653. The second-order valence-corrected chi connectivity index (χ2v) is 8.81. The molecule has 0 amide bonds. The van der Waals surface area contributed by atoms with Gasteiger partial charge in [-0.2, -0.15) is 0 Å². The summed E-state index contributed by atoms with van der Waals surface area (Å²) in [5.74, 6) is 1.01. The first-order chi connectivity index (χ1) is 13.4. The average molecular weight is 402 g/mol. The zero-order chi connectivity index (χ0) is 19.9. The van der Waals surface area contributed by atoms with Crippen molar-refractivity contribution in [3.63, 3.8) is 0 Å². The molecule has 0 saturated heterocycles. The lowest BCUT2D eigenvalue weighted by Crippen LogP contribution is -2.32. The van der Waals surface area contributed by atoms with Crippen LogP contribution in [-0.2, 0) is 16.6 Å². The van der Waals surface area contributed by atoms with Gasteiger partial charge in [0.05, 0.1) is 17.7 Å². The van der Waals surface area contributed by atoms with E-state index in [4.69, 9.17) is 4.42 Å². The molecule has 0 spiro atoms. The van der Waals surface area contributed by atoms with Crippen LogP contribution in [0.1, 0.15) is 30.0 Å². The third-order valence-corrected chi connectivity index (χ3v) is 6.38. The van der Waals surface area contributed by atoms with Crippen molar-refractivity contribution < 1.29 is 12.8 Å². The van der Waals surface area contributed by atoms with Gasteiger partial charge in [0.1, 0.15) is 0 Å². The molecule has 2 heterocycles. The van der Waals surface area contributed by atoms with Crippen molar-refractivity contribution in [2.24, 2.45) is 0 Å². The van der Waals surface area contributed by atoms with E-state index in [-0.39, 0.29) is 29.7 Å². The maximum Gasteiger partial charge on any atom is 0.346 e. The number of hydrogen-bond acceptors (Lipinski definition) is 5. The first kappa shape index (κ1) is 18.7. The van der Waals surface area contributed by atoms with Crippen LogP contribution in [0.5, 0.6) is 0 Å². The molecule has 1 saturated carbocycles. The topological polar surface area (TPSA) is 99.1 Å². The summed E-state index contributed by atoms with van der Waals surface area (Å²) in [6.07, 6.45) is 3.39. The van der Waals surface area contributed by atoms with Crippen molar-refractivity contribution in [2.75, 3.05) is 6.54 Å². The molecule has 0 aliphatic heterocycles. The van der Waals surface area contributed by atoms with Crippen LogP contribution in [0.3, 0.4) is 0 Å². The van der Waals surface area contributed by atoms with E-state index in [9.17, 15) is 13.2 Å². The Morgan fingerprint density at radius 1 is 1.25 bits per heavy atom. The van der Waals surface area contributed by atoms with Crippen molar-refractivity contribution in [1.82, 2.24) is 19.1 Å². The predicted octanol–water partition coefficient (Wildman–Crippen LogP) is 2.24. The summed E-state index contributed by atoms with van der Waals surface area (Å²) in [6.45, 7) is 3.80. The van der Waals surface area contributed by atoms with Gasteiger partial charge in [-0.05, 0) is 56.0 Å². The van der Waals surface area contributed by atoms with Crippen LogP contribution in [0.4, 0.5) is 0 Å². The third kappa shape index (κ3) is 3.55. The number of nitrogens with zero attached hydrogens (tertiary/aromatic N) is 3. The molecule has 1 aliphatic carbocycles. The van der Waals surface area contributed by atoms with Gasteiger partial charge < -0.3 is 4.42 Å². The fraction of sp³-hybridized carbons (Fsp3) is 0.368. The van der Waals surface area contributed by atoms with Crippen LogP contribution in [0, 0.1) is 13.8 Å². The fourth-order valence-corrected chi connectivity index (χ4v) is 4.51. The van der Waals surface area contributed by atoms with E-state index in [1.807, 2.05) is 13.0 Å². The van der Waals surface area contributed by atoms with Gasteiger partial charge in [-0.1, -0.05) is 12.1 Å². The Balaban J connectivity index is 1.54. The molecule has 0 unspecified atom stereocenters. The van der Waals surface area contributed by atoms with Crippen molar-refractivity contribution in [2.45, 2.75) is 44.2 Å². The molecular weight excluding hydrogens is 380 g/mol. The maximum absolute atomic E-state index is 12.7. The second-order valence-electron chi connectivity index (χ2n) is 7.07. The molecule has 4 rings (SSSR count). The maximum atomic E-state index is 12.7. The lowest BCUT2D eigenvalue weighted by atomic mass is 10.2. The lowest BCUT2D eigenvalue weighted by Gasteiger charge is -2.10. The number of aryl methyl sites for hydroxylation is 2. The van der Waals surface area contributed by atoms with Crippen LogP contribution >= 0.6 is 0 Å². The standard InChI is InChI=1S/C19H22N4O4S/c1-13-5-6-14(2)17(12-13)28(25,26)20-9-10-22-19(24)23(15-7-8-15)18(21-22)16-4-3-11-27-16/h3-6,11-12,15,20H,7-10H2,1-2H3. The highest BCUT2D eigenvalue weighted by Crippen LogP contribution is 2.36. The molecular formula is C19H22N4O4S. The molecule has 9 heteroatoms. The molecule has 148 valence electrons. The predicted molar refractivity (Wildman–Crippen MR) is 104 cm³/mol. The van der Waals surface area contributed by atoms with Gasteiger partial charge in [0.2, 0.25) is 15.8 Å². The minimum atomic E-state index is -3.67. The molecule has 8 nitrogen and oxygen atoms in total. The highest BCUT2D eigenvalue weighted by Gasteiger charge is 2.31. The first-order valence-electron chi connectivity index (χ1n) is 9.17. The van der Waals surface area contributed by atoms with E-state index in [1.54, 1.807) is 35.8 Å². The van der Waals surface area contributed by atoms with Gasteiger partial charge in [0.25, 0.3) is 0 Å². The number of furan rings is 1. The first-order valence-corrected chi connectivity index (χ1v) is 10.7. The summed E-state index contributed by atoms with van der Waals surface area (Å²) in [5, 5.41) is 4.38. The molecule has 2 aromatic heterocycles. The highest BCUT2D eigenvalue weighted by molar-refractivity contribution is 7.89. The Morgan fingerprint density at radius 3 is 2.71 bits per heavy atom. The van der Waals surface area contributed by atoms with Gasteiger partial charge in [-0.3, -0.25) is 4.57 Å². The number of nitrogens with one attached hydrogen (secondary N) is 1. The van der Waals surface area contributed by atoms with Crippen LogP contribution in [0.2, 0.25) is 0 Å². The number of rotatable bonds is 7. The fourth-order valence-electron chi connectivity index (χ4n) is 3.16. The number of benzene rings is 1. The van der Waals surface area contributed by atoms with Crippen LogP contribution in [-0.4, -0.2) is 29.3 Å². The Morgan fingerprint density at radius 2 is 2.04 bits per heavy atom. The van der Waals surface area contributed by atoms with Gasteiger partial charge >= 0.3 is 5.69 Å². The van der Waals surface area contributed by atoms with Crippen molar-refractivity contribution in [1.29, 1.82) is 0 Å². The Labute approximate surface area is 162 Å². The molecule has 28 heavy (non-hydrogen) atoms. The largest absolute Gasteiger partial charge is 0.461 e. The van der Waals surface area contributed by atoms with Crippen LogP contribution in [0.15, 0.2) is 50.7 Å². The molecule has 1 N–H and O–H groups in total. The van der Waals surface area contributed by atoms with E-state index >= 15 is 0 Å². The molecule has 0 radical (unpaired) electrons. The normalized spacial score (nSPS) is 14.5. The molecule has 0 atom stereocenters. The molecule has 1 fully saturated rings. The second kappa shape index (κ2) is 7.06. The van der Waals surface area contributed by atoms with Gasteiger partial charge in [0.15, 0.2) is 5.76 Å². The van der Waals surface area contributed by atoms with E-state index in [2.05, 4.69) is 9.82 Å². The molecule has 3 aromatic rings. The van der Waals surface area contributed by atoms with Gasteiger partial charge in [0, 0.05) is 12.6 Å². The van der Waals surface area contributed by atoms with E-state index in [0.29, 0.717) is 17.1 Å². The zero-order valence-corrected chi connectivity index (χ0v) is 16.6. The summed E-state index contributed by atoms with van der Waals surface area (Å²) < 4.78 is 36.1. The SMILES string of the molecule is Cc1ccc(C)c(S(=O)(=O)NCCn2nc(-c3ccco3)n(C3CC3)c2=O)c1. The van der Waals surface area contributed by atoms with Gasteiger partial charge in [-0.25, -0.2) is 22.6 Å². The summed E-state index contributed by atoms with van der Waals surface area (Å²) in [6, 6.07) is 8.92. The highest BCUT2D eigenvalue weighted by atomic mass is 32.2. The van der Waals surface area contributed by atoms with E-state index < -0.39 is 10.0 Å². The summed E-state index contributed by atoms with van der Waals surface area (Å²) in [7, 11) is -3.67.